The molecule has 0 unspecified atom stereocenters. The van der Waals surface area contributed by atoms with Crippen LogP contribution in [0.4, 0.5) is 0 Å². The Bertz CT molecular complexity index is 2560. The Kier molecular flexibility index (Phi) is 7.47. The van der Waals surface area contributed by atoms with Gasteiger partial charge in [0, 0.05) is 49.1 Å². The Morgan fingerprint density at radius 1 is 0.654 bits per heavy atom. The minimum absolute atomic E-state index is 0.0166. The summed E-state index contributed by atoms with van der Waals surface area (Å²) in [5.74, 6) is 0. The van der Waals surface area contributed by atoms with Crippen molar-refractivity contribution in [3.63, 3.8) is 0 Å². The molecule has 2 aliphatic carbocycles. The Morgan fingerprint density at radius 3 is 1.69 bits per heavy atom. The molecule has 0 amide bonds. The molecule has 0 radical (unpaired) electrons. The highest BCUT2D eigenvalue weighted by Crippen LogP contribution is 2.55. The zero-order valence-corrected chi connectivity index (χ0v) is 33.5. The summed E-state index contributed by atoms with van der Waals surface area (Å²) in [5, 5.41) is 3.30. The molecule has 52 heavy (non-hydrogen) atoms. The van der Waals surface area contributed by atoms with Gasteiger partial charge in [0.2, 0.25) is 0 Å². The average molecular weight is 703 g/mol. The third kappa shape index (κ3) is 4.76. The van der Waals surface area contributed by atoms with E-state index in [2.05, 4.69) is 183 Å². The van der Waals surface area contributed by atoms with Crippen LogP contribution in [-0.2, 0) is 21.7 Å². The van der Waals surface area contributed by atoms with E-state index >= 15 is 0 Å². The van der Waals surface area contributed by atoms with E-state index in [4.69, 9.17) is 11.6 Å². The molecule has 8 rings (SSSR count). The van der Waals surface area contributed by atoms with E-state index in [-0.39, 0.29) is 21.7 Å². The van der Waals surface area contributed by atoms with E-state index in [1.165, 1.54) is 77.7 Å². The third-order valence-corrected chi connectivity index (χ3v) is 12.1. The van der Waals surface area contributed by atoms with Crippen LogP contribution in [0.2, 0.25) is 5.02 Å². The van der Waals surface area contributed by atoms with Crippen LogP contribution >= 0.6 is 11.6 Å². The molecule has 0 N–H and O–H groups in total. The predicted octanol–water partition coefficient (Wildman–Crippen LogP) is 13.9. The number of nitrogens with zero attached hydrogens (tertiary/aromatic N) is 2. The fraction of sp³-hybridized carbons (Fsp3) is 0.306. The first kappa shape index (κ1) is 34.6. The first-order valence-corrected chi connectivity index (χ1v) is 19.1. The van der Waals surface area contributed by atoms with Crippen molar-refractivity contribution in [3.05, 3.63) is 148 Å². The molecule has 4 aromatic carbocycles. The Labute approximate surface area is 315 Å². The molecule has 264 valence electrons. The van der Waals surface area contributed by atoms with Gasteiger partial charge < -0.3 is 9.13 Å². The smallest absolute Gasteiger partial charge is 0.0585 e. The van der Waals surface area contributed by atoms with Crippen molar-refractivity contribution in [2.45, 2.75) is 97.8 Å². The highest BCUT2D eigenvalue weighted by atomic mass is 35.5. The van der Waals surface area contributed by atoms with Crippen LogP contribution in [0.1, 0.15) is 110 Å². The zero-order chi connectivity index (χ0) is 37.3. The second-order valence-electron chi connectivity index (χ2n) is 18.1. The molecular weight excluding hydrogens is 652 g/mol. The highest BCUT2D eigenvalue weighted by Gasteiger charge is 2.42. The largest absolute Gasteiger partial charge is 0.309 e. The lowest BCUT2D eigenvalue weighted by atomic mass is 9.79. The molecule has 0 atom stereocenters. The van der Waals surface area contributed by atoms with Gasteiger partial charge in [0.25, 0.3) is 0 Å². The van der Waals surface area contributed by atoms with Gasteiger partial charge >= 0.3 is 0 Å². The third-order valence-electron chi connectivity index (χ3n) is 11.9. The lowest BCUT2D eigenvalue weighted by Crippen LogP contribution is -2.16. The number of rotatable bonds is 4. The summed E-state index contributed by atoms with van der Waals surface area (Å²) in [7, 11) is 0. The van der Waals surface area contributed by atoms with Crippen LogP contribution in [-0.4, -0.2) is 9.13 Å². The molecule has 2 aromatic heterocycles. The van der Waals surface area contributed by atoms with Crippen LogP contribution in [0, 0.1) is 0 Å². The number of halogens is 1. The van der Waals surface area contributed by atoms with Crippen LogP contribution < -0.4 is 0 Å². The molecule has 0 spiro atoms. The summed E-state index contributed by atoms with van der Waals surface area (Å²) in [4.78, 5) is 0. The van der Waals surface area contributed by atoms with Crippen molar-refractivity contribution in [2.75, 3.05) is 0 Å². The van der Waals surface area contributed by atoms with E-state index in [0.29, 0.717) is 5.02 Å². The van der Waals surface area contributed by atoms with Crippen LogP contribution in [0.3, 0.4) is 0 Å². The standard InChI is InChI=1S/C49H51ClN2/c1-13-17-38-34(14-2)44-42(48(38,9)10)36-24-29(46(3,4)5)20-22-40(36)51(44)32-26-31(50)27-33(28-32)52-41-23-21-30(47(6,7)8)25-37(41)43-45(52)35-18-15-16-19-39(35)49(43,11)12/h13-28H,2H2,1,3-12H3/b17-13-. The SMILES string of the molecule is C=CC1=C(/C=C\C)C(C)(C)c2c1n(-c1cc(Cl)cc(-n3c4c(c5cc(C(C)(C)C)ccc53)C(C)(C)c3ccccc3-4)c1)c1ccc(C(C)(C)C)cc21. The van der Waals surface area contributed by atoms with Gasteiger partial charge in [-0.05, 0) is 93.6 Å². The molecular formula is C49H51ClN2. The van der Waals surface area contributed by atoms with Crippen LogP contribution in [0.25, 0.3) is 50.0 Å². The number of hydrogen-bond acceptors (Lipinski definition) is 0. The Balaban J connectivity index is 1.48. The summed E-state index contributed by atoms with van der Waals surface area (Å²) >= 11 is 7.25. The quantitative estimate of drug-likeness (QED) is 0.173. The lowest BCUT2D eigenvalue weighted by Gasteiger charge is -2.24. The normalized spacial score (nSPS) is 16.3. The highest BCUT2D eigenvalue weighted by molar-refractivity contribution is 6.31. The monoisotopic (exact) mass is 702 g/mol. The molecule has 0 fully saturated rings. The summed E-state index contributed by atoms with van der Waals surface area (Å²) in [5.41, 5.74) is 17.1. The van der Waals surface area contributed by atoms with E-state index in [1.807, 2.05) is 6.08 Å². The minimum atomic E-state index is -0.218. The van der Waals surface area contributed by atoms with Crippen molar-refractivity contribution in [1.29, 1.82) is 0 Å². The van der Waals surface area contributed by atoms with Crippen molar-refractivity contribution in [3.8, 4) is 22.6 Å². The minimum Gasteiger partial charge on any atom is -0.309 e. The maximum Gasteiger partial charge on any atom is 0.0585 e. The maximum atomic E-state index is 7.25. The fourth-order valence-corrected chi connectivity index (χ4v) is 9.51. The van der Waals surface area contributed by atoms with Gasteiger partial charge in [0.1, 0.15) is 0 Å². The molecule has 2 heterocycles. The number of benzene rings is 4. The van der Waals surface area contributed by atoms with Crippen molar-refractivity contribution in [2.24, 2.45) is 0 Å². The van der Waals surface area contributed by atoms with Crippen molar-refractivity contribution in [1.82, 2.24) is 9.13 Å². The Hall–Kier alpha value is -4.53. The summed E-state index contributed by atoms with van der Waals surface area (Å²) in [6, 6.07) is 29.7. The average Bonchev–Trinajstić information content (AvgIpc) is 3.73. The summed E-state index contributed by atoms with van der Waals surface area (Å²) < 4.78 is 4.92. The van der Waals surface area contributed by atoms with Gasteiger partial charge in [-0.15, -0.1) is 0 Å². The van der Waals surface area contributed by atoms with Crippen LogP contribution in [0.5, 0.6) is 0 Å². The van der Waals surface area contributed by atoms with Crippen molar-refractivity contribution < 1.29 is 0 Å². The first-order chi connectivity index (χ1) is 24.4. The number of fused-ring (bicyclic) bond motifs is 8. The second-order valence-corrected chi connectivity index (χ2v) is 18.5. The molecule has 0 saturated carbocycles. The molecule has 0 saturated heterocycles. The molecule has 0 aliphatic heterocycles. The van der Waals surface area contributed by atoms with E-state index < -0.39 is 0 Å². The van der Waals surface area contributed by atoms with E-state index in [1.54, 1.807) is 0 Å². The summed E-state index contributed by atoms with van der Waals surface area (Å²) in [6.45, 7) is 29.7. The van der Waals surface area contributed by atoms with Gasteiger partial charge in [-0.1, -0.05) is 142 Å². The second kappa shape index (κ2) is 11.2. The summed E-state index contributed by atoms with van der Waals surface area (Å²) in [6.07, 6.45) is 6.47. The fourth-order valence-electron chi connectivity index (χ4n) is 9.28. The lowest BCUT2D eigenvalue weighted by molar-refractivity contribution is 0.590. The number of hydrogen-bond donors (Lipinski definition) is 0. The van der Waals surface area contributed by atoms with Gasteiger partial charge in [0.15, 0.2) is 0 Å². The number of allylic oxidation sites excluding steroid dienone is 5. The van der Waals surface area contributed by atoms with Gasteiger partial charge in [-0.25, -0.2) is 0 Å². The van der Waals surface area contributed by atoms with Crippen molar-refractivity contribution >= 4 is 39.0 Å². The molecule has 6 aromatic rings. The molecule has 3 heteroatoms. The molecule has 2 aliphatic rings. The predicted molar refractivity (Wildman–Crippen MR) is 225 cm³/mol. The van der Waals surface area contributed by atoms with Gasteiger partial charge in [0.05, 0.1) is 22.4 Å². The maximum absolute atomic E-state index is 7.25. The zero-order valence-electron chi connectivity index (χ0n) is 32.7. The molecule has 0 bridgehead atoms. The Morgan fingerprint density at radius 2 is 1.17 bits per heavy atom. The first-order valence-electron chi connectivity index (χ1n) is 18.7. The van der Waals surface area contributed by atoms with E-state index in [9.17, 15) is 0 Å². The number of aromatic nitrogens is 2. The van der Waals surface area contributed by atoms with Crippen LogP contribution in [0.15, 0.2) is 109 Å². The van der Waals surface area contributed by atoms with E-state index in [0.717, 1.165) is 11.4 Å². The van der Waals surface area contributed by atoms with Gasteiger partial charge in [-0.2, -0.15) is 0 Å². The topological polar surface area (TPSA) is 9.86 Å². The molecule has 2 nitrogen and oxygen atoms in total. The van der Waals surface area contributed by atoms with Gasteiger partial charge in [-0.3, -0.25) is 0 Å².